The molecule has 1 fully saturated rings. The SMILES string of the molecule is COc1cc(OC)cc([C@H]2CCN(Cc3ccc(C(N)=O)cc3)C2)c1. The lowest BCUT2D eigenvalue weighted by Crippen LogP contribution is -2.20. The molecule has 1 atom stereocenters. The summed E-state index contributed by atoms with van der Waals surface area (Å²) in [5.74, 6) is 1.73. The molecule has 0 saturated carbocycles. The maximum absolute atomic E-state index is 11.2. The van der Waals surface area contributed by atoms with Gasteiger partial charge in [0.25, 0.3) is 0 Å². The molecule has 25 heavy (non-hydrogen) atoms. The molecule has 1 heterocycles. The number of nitrogens with zero attached hydrogens (tertiary/aromatic N) is 1. The zero-order chi connectivity index (χ0) is 17.8. The molecule has 5 heteroatoms. The summed E-state index contributed by atoms with van der Waals surface area (Å²) in [6.07, 6.45) is 1.11. The van der Waals surface area contributed by atoms with Gasteiger partial charge in [-0.3, -0.25) is 9.69 Å². The quantitative estimate of drug-likeness (QED) is 0.878. The Morgan fingerprint density at radius 1 is 1.12 bits per heavy atom. The number of likely N-dealkylation sites (tertiary alicyclic amines) is 1. The van der Waals surface area contributed by atoms with Crippen LogP contribution in [0.1, 0.15) is 33.8 Å². The Labute approximate surface area is 148 Å². The molecule has 0 radical (unpaired) electrons. The zero-order valence-electron chi connectivity index (χ0n) is 14.7. The molecule has 0 aromatic heterocycles. The molecule has 0 spiro atoms. The Hall–Kier alpha value is -2.53. The van der Waals surface area contributed by atoms with Crippen LogP contribution in [-0.2, 0) is 6.54 Å². The third-order valence-corrected chi connectivity index (χ3v) is 4.76. The maximum Gasteiger partial charge on any atom is 0.248 e. The Bertz CT molecular complexity index is 721. The fraction of sp³-hybridized carbons (Fsp3) is 0.350. The first-order valence-electron chi connectivity index (χ1n) is 8.43. The highest BCUT2D eigenvalue weighted by Gasteiger charge is 2.24. The molecule has 0 unspecified atom stereocenters. The van der Waals surface area contributed by atoms with Gasteiger partial charge in [-0.2, -0.15) is 0 Å². The molecule has 3 rings (SSSR count). The molecule has 1 saturated heterocycles. The van der Waals surface area contributed by atoms with Crippen molar-refractivity contribution in [3.63, 3.8) is 0 Å². The van der Waals surface area contributed by atoms with E-state index in [0.29, 0.717) is 11.5 Å². The molecule has 0 aliphatic carbocycles. The van der Waals surface area contributed by atoms with Gasteiger partial charge >= 0.3 is 0 Å². The molecule has 1 aliphatic heterocycles. The highest BCUT2D eigenvalue weighted by atomic mass is 16.5. The molecule has 132 valence electrons. The van der Waals surface area contributed by atoms with E-state index >= 15 is 0 Å². The number of methoxy groups -OCH3 is 2. The van der Waals surface area contributed by atoms with Crippen LogP contribution in [0.15, 0.2) is 42.5 Å². The molecular formula is C20H24N2O3. The van der Waals surface area contributed by atoms with E-state index in [9.17, 15) is 4.79 Å². The van der Waals surface area contributed by atoms with Gasteiger partial charge < -0.3 is 15.2 Å². The summed E-state index contributed by atoms with van der Waals surface area (Å²) in [7, 11) is 3.35. The van der Waals surface area contributed by atoms with E-state index in [1.165, 1.54) is 11.1 Å². The first-order chi connectivity index (χ1) is 12.1. The molecule has 1 aliphatic rings. The van der Waals surface area contributed by atoms with Crippen molar-refractivity contribution in [2.75, 3.05) is 27.3 Å². The van der Waals surface area contributed by atoms with Crippen molar-refractivity contribution in [2.45, 2.75) is 18.9 Å². The molecule has 2 aromatic rings. The monoisotopic (exact) mass is 340 g/mol. The number of rotatable bonds is 6. The second kappa shape index (κ2) is 7.57. The van der Waals surface area contributed by atoms with E-state index in [1.54, 1.807) is 26.4 Å². The number of hydrogen-bond acceptors (Lipinski definition) is 4. The van der Waals surface area contributed by atoms with Crippen molar-refractivity contribution in [1.29, 1.82) is 0 Å². The summed E-state index contributed by atoms with van der Waals surface area (Å²) >= 11 is 0. The fourth-order valence-electron chi connectivity index (χ4n) is 3.35. The maximum atomic E-state index is 11.2. The third kappa shape index (κ3) is 4.12. The minimum absolute atomic E-state index is 0.389. The number of amides is 1. The van der Waals surface area contributed by atoms with Crippen molar-refractivity contribution in [3.05, 3.63) is 59.2 Å². The standard InChI is InChI=1S/C20H24N2O3/c1-24-18-9-17(10-19(11-18)25-2)16-7-8-22(13-16)12-14-3-5-15(6-4-14)20(21)23/h3-6,9-11,16H,7-8,12-13H2,1-2H3,(H2,21,23)/t16-/m0/s1. The van der Waals surface area contributed by atoms with Crippen molar-refractivity contribution < 1.29 is 14.3 Å². The van der Waals surface area contributed by atoms with E-state index in [2.05, 4.69) is 17.0 Å². The van der Waals surface area contributed by atoms with Crippen LogP contribution in [0.4, 0.5) is 0 Å². The lowest BCUT2D eigenvalue weighted by Gasteiger charge is -2.17. The summed E-state index contributed by atoms with van der Waals surface area (Å²) in [5, 5.41) is 0. The molecule has 2 aromatic carbocycles. The Morgan fingerprint density at radius 3 is 2.32 bits per heavy atom. The van der Waals surface area contributed by atoms with Crippen molar-refractivity contribution in [1.82, 2.24) is 4.90 Å². The van der Waals surface area contributed by atoms with Crippen LogP contribution in [0.3, 0.4) is 0 Å². The zero-order valence-corrected chi connectivity index (χ0v) is 14.7. The van der Waals surface area contributed by atoms with Crippen molar-refractivity contribution in [2.24, 2.45) is 5.73 Å². The number of primary amides is 1. The lowest BCUT2D eigenvalue weighted by molar-refractivity contribution is 0.100. The largest absolute Gasteiger partial charge is 0.497 e. The lowest BCUT2D eigenvalue weighted by atomic mass is 9.98. The number of carbonyl (C=O) groups excluding carboxylic acids is 1. The molecule has 1 amide bonds. The predicted molar refractivity (Wildman–Crippen MR) is 97.1 cm³/mol. The Morgan fingerprint density at radius 2 is 1.76 bits per heavy atom. The number of ether oxygens (including phenoxy) is 2. The van der Waals surface area contributed by atoms with Gasteiger partial charge in [-0.15, -0.1) is 0 Å². The second-order valence-corrected chi connectivity index (χ2v) is 6.43. The van der Waals surface area contributed by atoms with Crippen LogP contribution in [-0.4, -0.2) is 38.1 Å². The van der Waals surface area contributed by atoms with Crippen LogP contribution in [0.25, 0.3) is 0 Å². The van der Waals surface area contributed by atoms with Gasteiger partial charge in [0.05, 0.1) is 14.2 Å². The van der Waals surface area contributed by atoms with Gasteiger partial charge in [0.15, 0.2) is 0 Å². The second-order valence-electron chi connectivity index (χ2n) is 6.43. The topological polar surface area (TPSA) is 64.8 Å². The van der Waals surface area contributed by atoms with Crippen molar-refractivity contribution in [3.8, 4) is 11.5 Å². The van der Waals surface area contributed by atoms with Crippen LogP contribution in [0.2, 0.25) is 0 Å². The van der Waals surface area contributed by atoms with E-state index < -0.39 is 0 Å². The van der Waals surface area contributed by atoms with E-state index in [4.69, 9.17) is 15.2 Å². The van der Waals surface area contributed by atoms with Gasteiger partial charge in [-0.05, 0) is 54.3 Å². The first kappa shape index (κ1) is 17.3. The van der Waals surface area contributed by atoms with E-state index in [0.717, 1.165) is 37.6 Å². The number of nitrogens with two attached hydrogens (primary N) is 1. The first-order valence-corrected chi connectivity index (χ1v) is 8.43. The molecular weight excluding hydrogens is 316 g/mol. The smallest absolute Gasteiger partial charge is 0.248 e. The summed E-state index contributed by atoms with van der Waals surface area (Å²) in [6.45, 7) is 2.91. The van der Waals surface area contributed by atoms with E-state index in [1.807, 2.05) is 18.2 Å². The number of hydrogen-bond donors (Lipinski definition) is 1. The average Bonchev–Trinajstić information content (AvgIpc) is 3.10. The normalized spacial score (nSPS) is 17.4. The van der Waals surface area contributed by atoms with Crippen LogP contribution in [0.5, 0.6) is 11.5 Å². The number of benzene rings is 2. The summed E-state index contributed by atoms with van der Waals surface area (Å²) in [6, 6.07) is 13.6. The molecule has 5 nitrogen and oxygen atoms in total. The predicted octanol–water partition coefficient (Wildman–Crippen LogP) is 2.79. The van der Waals surface area contributed by atoms with Crippen LogP contribution < -0.4 is 15.2 Å². The number of carbonyl (C=O) groups is 1. The van der Waals surface area contributed by atoms with Gasteiger partial charge in [0, 0.05) is 24.7 Å². The van der Waals surface area contributed by atoms with E-state index in [-0.39, 0.29) is 5.91 Å². The van der Waals surface area contributed by atoms with Gasteiger partial charge in [0.2, 0.25) is 5.91 Å². The highest BCUT2D eigenvalue weighted by Crippen LogP contribution is 2.33. The van der Waals surface area contributed by atoms with Gasteiger partial charge in [0.1, 0.15) is 11.5 Å². The fourth-order valence-corrected chi connectivity index (χ4v) is 3.35. The average molecular weight is 340 g/mol. The van der Waals surface area contributed by atoms with Crippen molar-refractivity contribution >= 4 is 5.91 Å². The van der Waals surface area contributed by atoms with Crippen LogP contribution in [0, 0.1) is 0 Å². The Balaban J connectivity index is 1.66. The third-order valence-electron chi connectivity index (χ3n) is 4.76. The minimum Gasteiger partial charge on any atom is -0.497 e. The summed E-state index contributed by atoms with van der Waals surface area (Å²) in [4.78, 5) is 13.6. The van der Waals surface area contributed by atoms with Gasteiger partial charge in [-0.25, -0.2) is 0 Å². The van der Waals surface area contributed by atoms with Crippen LogP contribution >= 0.6 is 0 Å². The Kier molecular flexibility index (Phi) is 5.24. The van der Waals surface area contributed by atoms with Gasteiger partial charge in [-0.1, -0.05) is 12.1 Å². The summed E-state index contributed by atoms with van der Waals surface area (Å²) < 4.78 is 10.8. The molecule has 0 bridgehead atoms. The molecule has 2 N–H and O–H groups in total. The minimum atomic E-state index is -0.389. The summed E-state index contributed by atoms with van der Waals surface area (Å²) in [5.41, 5.74) is 8.28. The highest BCUT2D eigenvalue weighted by molar-refractivity contribution is 5.92.